The van der Waals surface area contributed by atoms with Crippen LogP contribution in [-0.4, -0.2) is 36.1 Å². The number of aromatic nitrogens is 1. The summed E-state index contributed by atoms with van der Waals surface area (Å²) in [6, 6.07) is 0. The summed E-state index contributed by atoms with van der Waals surface area (Å²) in [5, 5.41) is 0. The number of H-pyrrole nitrogens is 1. The molecule has 0 saturated heterocycles. The van der Waals surface area contributed by atoms with E-state index < -0.39 is 0 Å². The minimum absolute atomic E-state index is 0.0684. The maximum atomic E-state index is 11.7. The van der Waals surface area contributed by atoms with Crippen molar-refractivity contribution in [3.8, 4) is 0 Å². The fourth-order valence-electron chi connectivity index (χ4n) is 2.41. The normalized spacial score (nSPS) is 15.2. The number of methoxy groups -OCH3 is 1. The first-order valence-electron chi connectivity index (χ1n) is 6.09. The maximum Gasteiger partial charge on any atom is 0.248 e. The van der Waals surface area contributed by atoms with Gasteiger partial charge >= 0.3 is 0 Å². The van der Waals surface area contributed by atoms with E-state index in [0.29, 0.717) is 12.5 Å². The molecular weight excluding hydrogens is 216 g/mol. The third-order valence-corrected chi connectivity index (χ3v) is 3.34. The lowest BCUT2D eigenvalue weighted by Crippen LogP contribution is -2.38. The number of nitrogens with one attached hydrogen (secondary N) is 1. The van der Waals surface area contributed by atoms with Crippen LogP contribution in [0.4, 0.5) is 0 Å². The van der Waals surface area contributed by atoms with E-state index in [0.717, 1.165) is 13.0 Å². The zero-order chi connectivity index (χ0) is 12.4. The van der Waals surface area contributed by atoms with Gasteiger partial charge in [-0.2, -0.15) is 0 Å². The Morgan fingerprint density at radius 3 is 3.00 bits per heavy atom. The Balaban J connectivity index is 2.12. The van der Waals surface area contributed by atoms with Gasteiger partial charge in [0, 0.05) is 25.5 Å². The number of nitrogens with zero attached hydrogens (tertiary/aromatic N) is 1. The topological polar surface area (TPSA) is 45.3 Å². The largest absolute Gasteiger partial charge is 0.375 e. The van der Waals surface area contributed by atoms with Crippen LogP contribution in [0.2, 0.25) is 0 Å². The Morgan fingerprint density at radius 1 is 1.59 bits per heavy atom. The Hall–Kier alpha value is -1.29. The average Bonchev–Trinajstić information content (AvgIpc) is 2.71. The first-order valence-corrected chi connectivity index (χ1v) is 6.09. The number of carbonyl (C=O) groups is 1. The molecule has 2 rings (SSSR count). The highest BCUT2D eigenvalue weighted by Crippen LogP contribution is 2.27. The molecule has 0 spiro atoms. The van der Waals surface area contributed by atoms with Gasteiger partial charge in [0.25, 0.3) is 0 Å². The number of fused-ring (bicyclic) bond motifs is 1. The fourth-order valence-corrected chi connectivity index (χ4v) is 2.41. The van der Waals surface area contributed by atoms with Gasteiger partial charge in [-0.3, -0.25) is 4.79 Å². The van der Waals surface area contributed by atoms with Crippen molar-refractivity contribution in [2.75, 3.05) is 20.3 Å². The molecule has 0 unspecified atom stereocenters. The van der Waals surface area contributed by atoms with Crippen LogP contribution in [0.15, 0.2) is 6.20 Å². The van der Waals surface area contributed by atoms with E-state index in [9.17, 15) is 4.79 Å². The van der Waals surface area contributed by atoms with Crippen LogP contribution in [0, 0.1) is 0 Å². The van der Waals surface area contributed by atoms with E-state index in [1.807, 2.05) is 4.90 Å². The van der Waals surface area contributed by atoms with E-state index in [1.165, 1.54) is 16.8 Å². The van der Waals surface area contributed by atoms with Gasteiger partial charge in [-0.15, -0.1) is 0 Å². The Morgan fingerprint density at radius 2 is 2.35 bits per heavy atom. The summed E-state index contributed by atoms with van der Waals surface area (Å²) in [7, 11) is 1.55. The summed E-state index contributed by atoms with van der Waals surface area (Å²) in [6.45, 7) is 6.06. The molecule has 0 saturated carbocycles. The predicted molar refractivity (Wildman–Crippen MR) is 65.9 cm³/mol. The summed E-state index contributed by atoms with van der Waals surface area (Å²) >= 11 is 0. The molecule has 0 aliphatic carbocycles. The molecule has 17 heavy (non-hydrogen) atoms. The van der Waals surface area contributed by atoms with Crippen LogP contribution >= 0.6 is 0 Å². The Labute approximate surface area is 102 Å². The minimum atomic E-state index is 0.0684. The van der Waals surface area contributed by atoms with Crippen molar-refractivity contribution in [1.82, 2.24) is 9.88 Å². The molecular formula is C13H20N2O2. The molecule has 1 aromatic rings. The molecule has 0 fully saturated rings. The molecule has 4 nitrogen and oxygen atoms in total. The van der Waals surface area contributed by atoms with Crippen molar-refractivity contribution in [3.05, 3.63) is 23.0 Å². The van der Waals surface area contributed by atoms with Crippen LogP contribution in [0.1, 0.15) is 36.6 Å². The lowest BCUT2D eigenvalue weighted by molar-refractivity contribution is -0.136. The Kier molecular flexibility index (Phi) is 3.52. The summed E-state index contributed by atoms with van der Waals surface area (Å²) in [6.07, 6.45) is 3.03. The summed E-state index contributed by atoms with van der Waals surface area (Å²) in [5.74, 6) is 0.607. The monoisotopic (exact) mass is 236 g/mol. The van der Waals surface area contributed by atoms with E-state index in [-0.39, 0.29) is 12.5 Å². The lowest BCUT2D eigenvalue weighted by Gasteiger charge is -2.27. The van der Waals surface area contributed by atoms with E-state index in [1.54, 1.807) is 7.11 Å². The predicted octanol–water partition coefficient (Wildman–Crippen LogP) is 1.67. The third kappa shape index (κ3) is 2.36. The molecule has 1 aliphatic rings. The van der Waals surface area contributed by atoms with Crippen LogP contribution in [0.3, 0.4) is 0 Å². The zero-order valence-corrected chi connectivity index (χ0v) is 10.7. The van der Waals surface area contributed by atoms with Crippen molar-refractivity contribution < 1.29 is 9.53 Å². The van der Waals surface area contributed by atoms with Gasteiger partial charge in [0.05, 0.1) is 6.54 Å². The molecule has 1 N–H and O–H groups in total. The van der Waals surface area contributed by atoms with Crippen molar-refractivity contribution in [2.24, 2.45) is 0 Å². The third-order valence-electron chi connectivity index (χ3n) is 3.34. The van der Waals surface area contributed by atoms with Crippen LogP contribution in [0.25, 0.3) is 0 Å². The van der Waals surface area contributed by atoms with Gasteiger partial charge in [-0.1, -0.05) is 13.8 Å². The molecule has 1 amide bonds. The number of amides is 1. The molecule has 0 radical (unpaired) electrons. The number of carbonyl (C=O) groups excluding carboxylic acids is 1. The number of ether oxygens (including phenoxy) is 1. The standard InChI is InChI=1S/C13H20N2O2/c1-9(2)11-6-14-12-7-15(5-4-10(11)12)13(16)8-17-3/h6,9,14H,4-5,7-8H2,1-3H3. The van der Waals surface area contributed by atoms with Crippen molar-refractivity contribution >= 4 is 5.91 Å². The van der Waals surface area contributed by atoms with Gasteiger partial charge in [-0.05, 0) is 23.5 Å². The molecule has 1 aliphatic heterocycles. The number of hydrogen-bond donors (Lipinski definition) is 1. The lowest BCUT2D eigenvalue weighted by atomic mass is 9.96. The van der Waals surface area contributed by atoms with Gasteiger partial charge < -0.3 is 14.6 Å². The summed E-state index contributed by atoms with van der Waals surface area (Å²) in [5.41, 5.74) is 3.98. The van der Waals surface area contributed by atoms with Gasteiger partial charge in [-0.25, -0.2) is 0 Å². The Bertz CT molecular complexity index is 410. The summed E-state index contributed by atoms with van der Waals surface area (Å²) in [4.78, 5) is 16.9. The van der Waals surface area contributed by atoms with Gasteiger partial charge in [0.2, 0.25) is 5.91 Å². The molecule has 2 heterocycles. The van der Waals surface area contributed by atoms with Gasteiger partial charge in [0.15, 0.2) is 0 Å². The van der Waals surface area contributed by atoms with E-state index >= 15 is 0 Å². The summed E-state index contributed by atoms with van der Waals surface area (Å²) < 4.78 is 4.89. The quantitative estimate of drug-likeness (QED) is 0.867. The second-order valence-corrected chi connectivity index (χ2v) is 4.85. The fraction of sp³-hybridized carbons (Fsp3) is 0.615. The van der Waals surface area contributed by atoms with Crippen LogP contribution in [-0.2, 0) is 22.5 Å². The second-order valence-electron chi connectivity index (χ2n) is 4.85. The molecule has 0 bridgehead atoms. The maximum absolute atomic E-state index is 11.7. The van der Waals surface area contributed by atoms with Gasteiger partial charge in [0.1, 0.15) is 6.61 Å². The smallest absolute Gasteiger partial charge is 0.248 e. The van der Waals surface area contributed by atoms with Crippen molar-refractivity contribution in [3.63, 3.8) is 0 Å². The highest BCUT2D eigenvalue weighted by atomic mass is 16.5. The van der Waals surface area contributed by atoms with Crippen molar-refractivity contribution in [1.29, 1.82) is 0 Å². The number of rotatable bonds is 3. The van der Waals surface area contributed by atoms with E-state index in [2.05, 4.69) is 25.0 Å². The van der Waals surface area contributed by atoms with Crippen LogP contribution < -0.4 is 0 Å². The average molecular weight is 236 g/mol. The zero-order valence-electron chi connectivity index (χ0n) is 10.7. The highest BCUT2D eigenvalue weighted by molar-refractivity contribution is 5.77. The molecule has 0 atom stereocenters. The molecule has 0 aromatic carbocycles. The van der Waals surface area contributed by atoms with Crippen LogP contribution in [0.5, 0.6) is 0 Å². The second kappa shape index (κ2) is 4.92. The van der Waals surface area contributed by atoms with E-state index in [4.69, 9.17) is 4.74 Å². The number of aromatic amines is 1. The minimum Gasteiger partial charge on any atom is -0.375 e. The molecule has 1 aromatic heterocycles. The highest BCUT2D eigenvalue weighted by Gasteiger charge is 2.24. The SMILES string of the molecule is COCC(=O)N1CCc2c(C(C)C)c[nH]c2C1. The molecule has 4 heteroatoms. The van der Waals surface area contributed by atoms with Crippen molar-refractivity contribution in [2.45, 2.75) is 32.7 Å². The number of hydrogen-bond acceptors (Lipinski definition) is 2. The molecule has 94 valence electrons. The first kappa shape index (κ1) is 12.2. The first-order chi connectivity index (χ1) is 8.13.